The van der Waals surface area contributed by atoms with Gasteiger partial charge in [-0.15, -0.1) is 0 Å². The first-order chi connectivity index (χ1) is 20.8. The summed E-state index contributed by atoms with van der Waals surface area (Å²) in [4.78, 5) is 12.4. The van der Waals surface area contributed by atoms with Crippen LogP contribution < -0.4 is 5.32 Å². The largest absolute Gasteiger partial charge is 0.387 e. The second kappa shape index (κ2) is 31.1. The van der Waals surface area contributed by atoms with Crippen molar-refractivity contribution >= 4 is 16.0 Å². The highest BCUT2D eigenvalue weighted by molar-refractivity contribution is 7.85. The zero-order valence-corrected chi connectivity index (χ0v) is 29.2. The maximum atomic E-state index is 12.4. The van der Waals surface area contributed by atoms with Crippen LogP contribution in [0.5, 0.6) is 0 Å². The lowest BCUT2D eigenvalue weighted by Crippen LogP contribution is -2.46. The number of allylic oxidation sites excluding steroid dienone is 1. The average Bonchev–Trinajstić information content (AvgIpc) is 2.96. The lowest BCUT2D eigenvalue weighted by molar-refractivity contribution is -0.122. The molecule has 0 aliphatic carbocycles. The van der Waals surface area contributed by atoms with Crippen molar-refractivity contribution < 1.29 is 22.9 Å². The highest BCUT2D eigenvalue weighted by Crippen LogP contribution is 2.15. The molecule has 0 bridgehead atoms. The van der Waals surface area contributed by atoms with Gasteiger partial charge in [0.2, 0.25) is 5.91 Å². The molecule has 0 spiro atoms. The Morgan fingerprint density at radius 3 is 1.33 bits per heavy atom. The molecule has 0 fully saturated rings. The Morgan fingerprint density at radius 2 is 0.953 bits per heavy atom. The van der Waals surface area contributed by atoms with Gasteiger partial charge in [-0.25, -0.2) is 0 Å². The van der Waals surface area contributed by atoms with Crippen LogP contribution in [-0.2, 0) is 14.9 Å². The second-order valence-corrected chi connectivity index (χ2v) is 14.4. The molecule has 0 saturated heterocycles. The molecule has 1 amide bonds. The maximum absolute atomic E-state index is 12.4. The molecule has 0 aromatic rings. The number of carbonyl (C=O) groups excluding carboxylic acids is 1. The monoisotopic (exact) mass is 630 g/mol. The fraction of sp³-hybridized carbons (Fsp3) is 0.917. The van der Waals surface area contributed by atoms with Gasteiger partial charge in [0.1, 0.15) is 0 Å². The van der Waals surface area contributed by atoms with Crippen molar-refractivity contribution in [1.29, 1.82) is 0 Å². The summed E-state index contributed by atoms with van der Waals surface area (Å²) in [6, 6.07) is -1.05. The van der Waals surface area contributed by atoms with Crippen LogP contribution in [0.4, 0.5) is 0 Å². The molecule has 0 rings (SSSR count). The van der Waals surface area contributed by atoms with E-state index in [-0.39, 0.29) is 5.91 Å². The minimum atomic E-state index is -4.33. The predicted molar refractivity (Wildman–Crippen MR) is 184 cm³/mol. The SMILES string of the molecule is CCCCCCCCCCCCCC/C=C/C(O)C(CS(=O)(=O)O)NC(=O)CCCCCCCCCCCCCCCC. The third-order valence-corrected chi connectivity index (χ3v) is 9.24. The fourth-order valence-electron chi connectivity index (χ4n) is 5.68. The molecule has 6 nitrogen and oxygen atoms in total. The van der Waals surface area contributed by atoms with Gasteiger partial charge in [0.05, 0.1) is 17.9 Å². The van der Waals surface area contributed by atoms with E-state index >= 15 is 0 Å². The van der Waals surface area contributed by atoms with Gasteiger partial charge in [-0.2, -0.15) is 8.42 Å². The Labute approximate surface area is 267 Å². The summed E-state index contributed by atoms with van der Waals surface area (Å²) in [7, 11) is -4.33. The van der Waals surface area contributed by atoms with E-state index < -0.39 is 28.0 Å². The minimum Gasteiger partial charge on any atom is -0.387 e. The zero-order chi connectivity index (χ0) is 31.9. The number of nitrogens with one attached hydrogen (secondary N) is 1. The van der Waals surface area contributed by atoms with Crippen LogP contribution in [0.1, 0.15) is 194 Å². The Kier molecular flexibility index (Phi) is 30.4. The van der Waals surface area contributed by atoms with E-state index in [0.717, 1.165) is 38.5 Å². The predicted octanol–water partition coefficient (Wildman–Crippen LogP) is 10.2. The standard InChI is InChI=1S/C36H71NO5S/c1-3-5-7-9-11-13-15-17-19-21-23-25-27-29-31-35(38)34(33-43(40,41)42)37-36(39)32-30-28-26-24-22-20-18-16-14-12-10-8-6-4-2/h29,31,34-35,38H,3-28,30,32-33H2,1-2H3,(H,37,39)(H,40,41,42)/b31-29+. The first-order valence-corrected chi connectivity index (χ1v) is 20.0. The van der Waals surface area contributed by atoms with Crippen molar-refractivity contribution in [2.75, 3.05) is 5.75 Å². The van der Waals surface area contributed by atoms with Gasteiger partial charge in [-0.1, -0.05) is 180 Å². The van der Waals surface area contributed by atoms with E-state index in [1.165, 1.54) is 135 Å². The second-order valence-electron chi connectivity index (χ2n) is 12.9. The molecule has 2 unspecified atom stereocenters. The van der Waals surface area contributed by atoms with Crippen LogP contribution in [0.2, 0.25) is 0 Å². The molecule has 256 valence electrons. The topological polar surface area (TPSA) is 104 Å². The number of hydrogen-bond donors (Lipinski definition) is 3. The number of aliphatic hydroxyl groups is 1. The summed E-state index contributed by atoms with van der Waals surface area (Å²) in [5, 5.41) is 13.2. The molecular formula is C36H71NO5S. The molecule has 2 atom stereocenters. The first-order valence-electron chi connectivity index (χ1n) is 18.4. The highest BCUT2D eigenvalue weighted by Gasteiger charge is 2.24. The number of carbonyl (C=O) groups is 1. The summed E-state index contributed by atoms with van der Waals surface area (Å²) >= 11 is 0. The van der Waals surface area contributed by atoms with E-state index in [1.54, 1.807) is 6.08 Å². The van der Waals surface area contributed by atoms with Crippen molar-refractivity contribution in [2.24, 2.45) is 0 Å². The van der Waals surface area contributed by atoms with Crippen molar-refractivity contribution in [1.82, 2.24) is 5.32 Å². The van der Waals surface area contributed by atoms with Crippen molar-refractivity contribution in [3.63, 3.8) is 0 Å². The van der Waals surface area contributed by atoms with Gasteiger partial charge in [-0.3, -0.25) is 9.35 Å². The fourth-order valence-corrected chi connectivity index (χ4v) is 6.42. The summed E-state index contributed by atoms with van der Waals surface area (Å²) in [6.07, 6.45) is 36.2. The molecule has 0 radical (unpaired) electrons. The van der Waals surface area contributed by atoms with E-state index in [0.29, 0.717) is 6.42 Å². The van der Waals surface area contributed by atoms with Crippen LogP contribution in [0.3, 0.4) is 0 Å². The van der Waals surface area contributed by atoms with Gasteiger partial charge in [0, 0.05) is 6.42 Å². The van der Waals surface area contributed by atoms with Crippen LogP contribution >= 0.6 is 0 Å². The molecule has 0 aromatic carbocycles. The normalized spacial score (nSPS) is 13.5. The molecule has 7 heteroatoms. The maximum Gasteiger partial charge on any atom is 0.267 e. The molecule has 0 saturated carbocycles. The van der Waals surface area contributed by atoms with E-state index in [1.807, 2.05) is 6.08 Å². The minimum absolute atomic E-state index is 0.277. The molecule has 0 aliphatic rings. The smallest absolute Gasteiger partial charge is 0.267 e. The number of amides is 1. The number of aliphatic hydroxyl groups excluding tert-OH is 1. The van der Waals surface area contributed by atoms with Gasteiger partial charge >= 0.3 is 0 Å². The molecule has 0 aromatic heterocycles. The van der Waals surface area contributed by atoms with Crippen molar-refractivity contribution in [2.45, 2.75) is 206 Å². The third kappa shape index (κ3) is 32.3. The van der Waals surface area contributed by atoms with E-state index in [2.05, 4.69) is 19.2 Å². The third-order valence-electron chi connectivity index (χ3n) is 8.46. The van der Waals surface area contributed by atoms with Crippen LogP contribution in [0, 0.1) is 0 Å². The van der Waals surface area contributed by atoms with Crippen molar-refractivity contribution in [3.05, 3.63) is 12.2 Å². The van der Waals surface area contributed by atoms with Crippen molar-refractivity contribution in [3.8, 4) is 0 Å². The summed E-state index contributed by atoms with van der Waals surface area (Å²) in [5.41, 5.74) is 0. The Bertz CT molecular complexity index is 740. The van der Waals surface area contributed by atoms with Gasteiger partial charge in [0.15, 0.2) is 0 Å². The Balaban J connectivity index is 3.97. The number of rotatable bonds is 33. The molecule has 43 heavy (non-hydrogen) atoms. The van der Waals surface area contributed by atoms with Crippen LogP contribution in [-0.4, -0.2) is 41.9 Å². The summed E-state index contributed by atoms with van der Waals surface area (Å²) < 4.78 is 32.3. The molecular weight excluding hydrogens is 558 g/mol. The Hall–Kier alpha value is -0.920. The number of unbranched alkanes of at least 4 members (excludes halogenated alkanes) is 25. The lowest BCUT2D eigenvalue weighted by atomic mass is 10.0. The Morgan fingerprint density at radius 1 is 0.605 bits per heavy atom. The lowest BCUT2D eigenvalue weighted by Gasteiger charge is -2.21. The van der Waals surface area contributed by atoms with E-state index in [4.69, 9.17) is 0 Å². The molecule has 0 heterocycles. The van der Waals surface area contributed by atoms with Crippen LogP contribution in [0.25, 0.3) is 0 Å². The van der Waals surface area contributed by atoms with Gasteiger partial charge in [-0.05, 0) is 19.3 Å². The quantitative estimate of drug-likeness (QED) is 0.0381. The first kappa shape index (κ1) is 42.1. The zero-order valence-electron chi connectivity index (χ0n) is 28.3. The van der Waals surface area contributed by atoms with E-state index in [9.17, 15) is 22.9 Å². The number of hydrogen-bond acceptors (Lipinski definition) is 4. The summed E-state index contributed by atoms with van der Waals surface area (Å²) in [6.45, 7) is 4.50. The van der Waals surface area contributed by atoms with Gasteiger partial charge < -0.3 is 10.4 Å². The molecule has 0 aliphatic heterocycles. The summed E-state index contributed by atoms with van der Waals surface area (Å²) in [5.74, 6) is -0.970. The average molecular weight is 630 g/mol. The van der Waals surface area contributed by atoms with Gasteiger partial charge in [0.25, 0.3) is 10.1 Å². The molecule has 3 N–H and O–H groups in total. The van der Waals surface area contributed by atoms with Crippen LogP contribution in [0.15, 0.2) is 12.2 Å². The highest BCUT2D eigenvalue weighted by atomic mass is 32.2.